The molecule has 4 nitrogen and oxygen atoms in total. The van der Waals surface area contributed by atoms with E-state index in [-0.39, 0.29) is 0 Å². The summed E-state index contributed by atoms with van der Waals surface area (Å²) in [5.74, 6) is 1.75. The van der Waals surface area contributed by atoms with Gasteiger partial charge in [-0.05, 0) is 44.5 Å². The van der Waals surface area contributed by atoms with Crippen LogP contribution in [-0.2, 0) is 0 Å². The predicted octanol–water partition coefficient (Wildman–Crippen LogP) is 4.18. The summed E-state index contributed by atoms with van der Waals surface area (Å²) in [4.78, 5) is 4.81. The molecule has 1 heterocycles. The second kappa shape index (κ2) is 5.37. The number of imidazole rings is 1. The monoisotopic (exact) mass is 295 g/mol. The zero-order valence-electron chi connectivity index (χ0n) is 13.4. The number of ether oxygens (including phenoxy) is 1. The van der Waals surface area contributed by atoms with Gasteiger partial charge in [-0.2, -0.15) is 0 Å². The third-order valence-electron chi connectivity index (χ3n) is 3.95. The number of rotatable bonds is 3. The second-order valence-corrected chi connectivity index (χ2v) is 5.83. The zero-order chi connectivity index (χ0) is 15.9. The zero-order valence-corrected chi connectivity index (χ0v) is 13.4. The highest BCUT2D eigenvalue weighted by atomic mass is 16.5. The Kier molecular flexibility index (Phi) is 3.53. The van der Waals surface area contributed by atoms with Crippen molar-refractivity contribution in [2.75, 3.05) is 12.8 Å². The van der Waals surface area contributed by atoms with E-state index in [0.717, 1.165) is 39.4 Å². The Balaban J connectivity index is 2.27. The van der Waals surface area contributed by atoms with Gasteiger partial charge in [-0.1, -0.05) is 12.1 Å². The Bertz CT molecular complexity index is 834. The first-order chi connectivity index (χ1) is 10.5. The lowest BCUT2D eigenvalue weighted by atomic mass is 10.1. The molecular weight excluding hydrogens is 274 g/mol. The van der Waals surface area contributed by atoms with Crippen molar-refractivity contribution in [1.29, 1.82) is 0 Å². The first kappa shape index (κ1) is 14.4. The number of hydrogen-bond acceptors (Lipinski definition) is 3. The summed E-state index contributed by atoms with van der Waals surface area (Å²) < 4.78 is 7.54. The molecule has 2 N–H and O–H groups in total. The Morgan fingerprint density at radius 2 is 1.91 bits per heavy atom. The number of hydrogen-bond donors (Lipinski definition) is 1. The van der Waals surface area contributed by atoms with Crippen LogP contribution < -0.4 is 10.5 Å². The lowest BCUT2D eigenvalue weighted by Crippen LogP contribution is -2.03. The predicted molar refractivity (Wildman–Crippen MR) is 91.3 cm³/mol. The molecule has 0 amide bonds. The van der Waals surface area contributed by atoms with E-state index in [0.29, 0.717) is 6.04 Å². The lowest BCUT2D eigenvalue weighted by Gasteiger charge is -2.14. The van der Waals surface area contributed by atoms with Crippen LogP contribution in [0.15, 0.2) is 36.4 Å². The van der Waals surface area contributed by atoms with Crippen molar-refractivity contribution in [1.82, 2.24) is 9.55 Å². The molecule has 0 bridgehead atoms. The minimum atomic E-state index is 0.302. The molecule has 0 unspecified atom stereocenters. The molecular formula is C18H21N3O. The summed E-state index contributed by atoms with van der Waals surface area (Å²) in [5, 5.41) is 0. The summed E-state index contributed by atoms with van der Waals surface area (Å²) in [7, 11) is 1.67. The molecule has 0 saturated carbocycles. The highest BCUT2D eigenvalue weighted by Crippen LogP contribution is 2.31. The molecule has 0 saturated heterocycles. The van der Waals surface area contributed by atoms with E-state index in [1.807, 2.05) is 31.2 Å². The number of nitrogens with two attached hydrogens (primary N) is 1. The Hall–Kier alpha value is -2.49. The molecule has 4 heteroatoms. The molecule has 0 atom stereocenters. The molecule has 2 aromatic carbocycles. The van der Waals surface area contributed by atoms with Crippen molar-refractivity contribution in [2.24, 2.45) is 0 Å². The number of methoxy groups -OCH3 is 1. The van der Waals surface area contributed by atoms with Crippen LogP contribution in [0.25, 0.3) is 22.4 Å². The second-order valence-electron chi connectivity index (χ2n) is 5.83. The maximum Gasteiger partial charge on any atom is 0.141 e. The highest BCUT2D eigenvalue weighted by molar-refractivity contribution is 5.82. The van der Waals surface area contributed by atoms with Crippen molar-refractivity contribution in [3.05, 3.63) is 42.0 Å². The quantitative estimate of drug-likeness (QED) is 0.737. The number of benzene rings is 2. The molecule has 114 valence electrons. The molecule has 0 radical (unpaired) electrons. The average molecular weight is 295 g/mol. The van der Waals surface area contributed by atoms with Crippen LogP contribution in [0.2, 0.25) is 0 Å². The lowest BCUT2D eigenvalue weighted by molar-refractivity contribution is 0.415. The van der Waals surface area contributed by atoms with Crippen LogP contribution in [0.5, 0.6) is 5.75 Å². The topological polar surface area (TPSA) is 53.1 Å². The van der Waals surface area contributed by atoms with Gasteiger partial charge < -0.3 is 15.0 Å². The fourth-order valence-corrected chi connectivity index (χ4v) is 2.71. The van der Waals surface area contributed by atoms with E-state index in [4.69, 9.17) is 15.5 Å². The number of aromatic nitrogens is 2. The SMILES string of the molecule is COc1ccc2c(c1)nc(-c1ccc(C)c(N)c1)n2C(C)C. The van der Waals surface area contributed by atoms with Crippen molar-refractivity contribution in [3.8, 4) is 17.1 Å². The largest absolute Gasteiger partial charge is 0.497 e. The standard InChI is InChI=1S/C18H21N3O/c1-11(2)21-17-8-7-14(22-4)10-16(17)20-18(21)13-6-5-12(3)15(19)9-13/h5-11H,19H2,1-4H3. The average Bonchev–Trinajstić information content (AvgIpc) is 2.88. The maximum absolute atomic E-state index is 6.07. The van der Waals surface area contributed by atoms with Gasteiger partial charge in [-0.3, -0.25) is 0 Å². The summed E-state index contributed by atoms with van der Waals surface area (Å²) in [6.07, 6.45) is 0. The van der Waals surface area contributed by atoms with E-state index in [2.05, 4.69) is 30.5 Å². The number of anilines is 1. The van der Waals surface area contributed by atoms with Gasteiger partial charge >= 0.3 is 0 Å². The fraction of sp³-hybridized carbons (Fsp3) is 0.278. The first-order valence-electron chi connectivity index (χ1n) is 7.43. The summed E-state index contributed by atoms with van der Waals surface area (Å²) in [6.45, 7) is 6.33. The van der Waals surface area contributed by atoms with Gasteiger partial charge in [0.05, 0.1) is 18.1 Å². The van der Waals surface area contributed by atoms with Crippen molar-refractivity contribution in [2.45, 2.75) is 26.8 Å². The fourth-order valence-electron chi connectivity index (χ4n) is 2.71. The van der Waals surface area contributed by atoms with Gasteiger partial charge in [0.25, 0.3) is 0 Å². The number of nitrogens with zero attached hydrogens (tertiary/aromatic N) is 2. The molecule has 0 spiro atoms. The van der Waals surface area contributed by atoms with Gasteiger partial charge in [-0.25, -0.2) is 4.98 Å². The molecule has 0 aliphatic carbocycles. The molecule has 3 aromatic rings. The smallest absolute Gasteiger partial charge is 0.141 e. The minimum absolute atomic E-state index is 0.302. The van der Waals surface area contributed by atoms with E-state index >= 15 is 0 Å². The van der Waals surface area contributed by atoms with Crippen molar-refractivity contribution < 1.29 is 4.74 Å². The molecule has 22 heavy (non-hydrogen) atoms. The van der Waals surface area contributed by atoms with Gasteiger partial charge in [0, 0.05) is 23.4 Å². The molecule has 3 rings (SSSR count). The third-order valence-corrected chi connectivity index (χ3v) is 3.95. The molecule has 0 fully saturated rings. The first-order valence-corrected chi connectivity index (χ1v) is 7.43. The van der Waals surface area contributed by atoms with E-state index in [1.54, 1.807) is 7.11 Å². The van der Waals surface area contributed by atoms with E-state index < -0.39 is 0 Å². The highest BCUT2D eigenvalue weighted by Gasteiger charge is 2.16. The van der Waals surface area contributed by atoms with Crippen LogP contribution in [0, 0.1) is 6.92 Å². The van der Waals surface area contributed by atoms with E-state index in [9.17, 15) is 0 Å². The molecule has 1 aromatic heterocycles. The summed E-state index contributed by atoms with van der Waals surface area (Å²) in [5.41, 5.74) is 11.0. The molecule has 0 aliphatic heterocycles. The van der Waals surface area contributed by atoms with Crippen LogP contribution in [-0.4, -0.2) is 16.7 Å². The minimum Gasteiger partial charge on any atom is -0.497 e. The van der Waals surface area contributed by atoms with Crippen molar-refractivity contribution >= 4 is 16.7 Å². The van der Waals surface area contributed by atoms with Crippen LogP contribution in [0.4, 0.5) is 5.69 Å². The summed E-state index contributed by atoms with van der Waals surface area (Å²) in [6, 6.07) is 12.4. The van der Waals surface area contributed by atoms with E-state index in [1.165, 1.54) is 0 Å². The Labute approximate surface area is 130 Å². The number of nitrogen functional groups attached to an aromatic ring is 1. The van der Waals surface area contributed by atoms with Gasteiger partial charge in [0.1, 0.15) is 11.6 Å². The molecule has 0 aliphatic rings. The van der Waals surface area contributed by atoms with Gasteiger partial charge in [-0.15, -0.1) is 0 Å². The Morgan fingerprint density at radius 1 is 1.14 bits per heavy atom. The summed E-state index contributed by atoms with van der Waals surface area (Å²) >= 11 is 0. The van der Waals surface area contributed by atoms with Crippen LogP contribution in [0.1, 0.15) is 25.5 Å². The number of fused-ring (bicyclic) bond motifs is 1. The van der Waals surface area contributed by atoms with Crippen molar-refractivity contribution in [3.63, 3.8) is 0 Å². The van der Waals surface area contributed by atoms with Crippen LogP contribution in [0.3, 0.4) is 0 Å². The number of aryl methyl sites for hydroxylation is 1. The van der Waals surface area contributed by atoms with Crippen LogP contribution >= 0.6 is 0 Å². The normalized spacial score (nSPS) is 11.3. The maximum atomic E-state index is 6.07. The van der Waals surface area contributed by atoms with Gasteiger partial charge in [0.15, 0.2) is 0 Å². The van der Waals surface area contributed by atoms with Gasteiger partial charge in [0.2, 0.25) is 0 Å². The Morgan fingerprint density at radius 3 is 2.55 bits per heavy atom. The third kappa shape index (κ3) is 2.30.